The van der Waals surface area contributed by atoms with E-state index in [1.807, 2.05) is 30.3 Å². The molecule has 1 unspecified atom stereocenters. The van der Waals surface area contributed by atoms with Crippen molar-refractivity contribution in [2.75, 3.05) is 13.2 Å². The van der Waals surface area contributed by atoms with E-state index in [1.165, 1.54) is 12.1 Å². The first-order valence-corrected chi connectivity index (χ1v) is 12.2. The Labute approximate surface area is 210 Å². The number of nitro groups is 1. The maximum atomic E-state index is 13.4. The number of hydrogen-bond donors (Lipinski definition) is 0. The molecule has 3 aromatic rings. The third-order valence-electron chi connectivity index (χ3n) is 6.25. The van der Waals surface area contributed by atoms with Gasteiger partial charge in [0.05, 0.1) is 30.0 Å². The van der Waals surface area contributed by atoms with Crippen LogP contribution < -0.4 is 0 Å². The first kappa shape index (κ1) is 25.3. The minimum absolute atomic E-state index is 0.00298. The Morgan fingerprint density at radius 3 is 2.67 bits per heavy atom. The minimum Gasteiger partial charge on any atom is -0.390 e. The Balaban J connectivity index is 1.61. The van der Waals surface area contributed by atoms with Gasteiger partial charge in [0.2, 0.25) is 0 Å². The summed E-state index contributed by atoms with van der Waals surface area (Å²) < 4.78 is 7.47. The Bertz CT molecular complexity index is 1230. The standard InChI is InChI=1S/C28H31N3O5/c1-20(2)28-26(27(32)12-11-21-9-6-10-23(15-21)31(33)34)16-24(17-29-36-25-13-14-35-19-25)30(28)18-22-7-4-3-5-8-22/h3-10,15-17,20,25H,11-14,18-19H2,1-2H3/b29-17+. The van der Waals surface area contributed by atoms with Crippen LogP contribution in [0.2, 0.25) is 0 Å². The molecule has 2 heterocycles. The van der Waals surface area contributed by atoms with E-state index in [9.17, 15) is 14.9 Å². The van der Waals surface area contributed by atoms with Crippen LogP contribution in [0.25, 0.3) is 0 Å². The molecule has 1 aliphatic heterocycles. The van der Waals surface area contributed by atoms with E-state index in [2.05, 4.69) is 35.7 Å². The summed E-state index contributed by atoms with van der Waals surface area (Å²) in [4.78, 5) is 29.7. The second-order valence-corrected chi connectivity index (χ2v) is 9.27. The molecule has 188 valence electrons. The lowest BCUT2D eigenvalue weighted by atomic mass is 9.98. The molecule has 4 rings (SSSR count). The van der Waals surface area contributed by atoms with Gasteiger partial charge in [-0.2, -0.15) is 0 Å². The van der Waals surface area contributed by atoms with Crippen molar-refractivity contribution in [1.82, 2.24) is 4.57 Å². The molecule has 0 saturated carbocycles. The summed E-state index contributed by atoms with van der Waals surface area (Å²) >= 11 is 0. The molecule has 1 saturated heterocycles. The number of ether oxygens (including phenoxy) is 1. The molecule has 36 heavy (non-hydrogen) atoms. The zero-order chi connectivity index (χ0) is 25.5. The van der Waals surface area contributed by atoms with Crippen molar-refractivity contribution in [2.24, 2.45) is 5.16 Å². The van der Waals surface area contributed by atoms with Gasteiger partial charge in [0, 0.05) is 42.8 Å². The monoisotopic (exact) mass is 489 g/mol. The van der Waals surface area contributed by atoms with Gasteiger partial charge < -0.3 is 14.1 Å². The van der Waals surface area contributed by atoms with Crippen molar-refractivity contribution in [2.45, 2.75) is 51.7 Å². The quantitative estimate of drug-likeness (QED) is 0.153. The number of nitro benzene ring substituents is 1. The molecule has 8 heteroatoms. The zero-order valence-electron chi connectivity index (χ0n) is 20.6. The number of rotatable bonds is 11. The highest BCUT2D eigenvalue weighted by Crippen LogP contribution is 2.27. The van der Waals surface area contributed by atoms with Crippen LogP contribution >= 0.6 is 0 Å². The van der Waals surface area contributed by atoms with Gasteiger partial charge in [0.15, 0.2) is 11.9 Å². The molecule has 1 aliphatic rings. The number of ketones is 1. The van der Waals surface area contributed by atoms with Gasteiger partial charge in [0.1, 0.15) is 0 Å². The molecule has 8 nitrogen and oxygen atoms in total. The largest absolute Gasteiger partial charge is 0.390 e. The molecule has 0 radical (unpaired) electrons. The van der Waals surface area contributed by atoms with Crippen LogP contribution in [0.4, 0.5) is 5.69 Å². The van der Waals surface area contributed by atoms with Crippen molar-refractivity contribution in [3.63, 3.8) is 0 Å². The predicted molar refractivity (Wildman–Crippen MR) is 138 cm³/mol. The number of nitrogens with zero attached hydrogens (tertiary/aromatic N) is 3. The first-order chi connectivity index (χ1) is 17.4. The molecule has 1 fully saturated rings. The lowest BCUT2D eigenvalue weighted by molar-refractivity contribution is -0.384. The normalized spacial score (nSPS) is 15.6. The van der Waals surface area contributed by atoms with Gasteiger partial charge in [-0.25, -0.2) is 0 Å². The van der Waals surface area contributed by atoms with Crippen LogP contribution in [0.1, 0.15) is 65.5 Å². The zero-order valence-corrected chi connectivity index (χ0v) is 20.6. The molecular weight excluding hydrogens is 458 g/mol. The third-order valence-corrected chi connectivity index (χ3v) is 6.25. The Morgan fingerprint density at radius 1 is 1.19 bits per heavy atom. The second-order valence-electron chi connectivity index (χ2n) is 9.27. The van der Waals surface area contributed by atoms with Crippen LogP contribution in [0.3, 0.4) is 0 Å². The topological polar surface area (TPSA) is 96.0 Å². The Morgan fingerprint density at radius 2 is 1.97 bits per heavy atom. The highest BCUT2D eigenvalue weighted by Gasteiger charge is 2.23. The van der Waals surface area contributed by atoms with Gasteiger partial charge in [-0.15, -0.1) is 0 Å². The lowest BCUT2D eigenvalue weighted by Gasteiger charge is -2.16. The number of oxime groups is 1. The SMILES string of the molecule is CC(C)c1c(C(=O)CCc2cccc([N+](=O)[O-])c2)cc(/C=N/OC2CCOC2)n1Cc1ccccc1. The van der Waals surface area contributed by atoms with Crippen LogP contribution in [0, 0.1) is 10.1 Å². The summed E-state index contributed by atoms with van der Waals surface area (Å²) in [5.41, 5.74) is 4.29. The Kier molecular flexibility index (Phi) is 8.28. The van der Waals surface area contributed by atoms with E-state index >= 15 is 0 Å². The molecule has 0 spiro atoms. The number of carbonyl (C=O) groups excluding carboxylic acids is 1. The van der Waals surface area contributed by atoms with Crippen LogP contribution in [-0.4, -0.2) is 40.8 Å². The second kappa shape index (κ2) is 11.8. The predicted octanol–water partition coefficient (Wildman–Crippen LogP) is 5.52. The number of aromatic nitrogens is 1. The van der Waals surface area contributed by atoms with Gasteiger partial charge in [0.25, 0.3) is 5.69 Å². The van der Waals surface area contributed by atoms with Gasteiger partial charge in [-0.3, -0.25) is 14.9 Å². The molecule has 1 atom stereocenters. The highest BCUT2D eigenvalue weighted by atomic mass is 16.7. The van der Waals surface area contributed by atoms with Crippen LogP contribution in [0.15, 0.2) is 65.8 Å². The van der Waals surface area contributed by atoms with E-state index in [-0.39, 0.29) is 29.9 Å². The summed E-state index contributed by atoms with van der Waals surface area (Å²) in [6.45, 7) is 5.94. The molecule has 1 aromatic heterocycles. The number of hydrogen-bond acceptors (Lipinski definition) is 6. The van der Waals surface area contributed by atoms with E-state index in [1.54, 1.807) is 12.3 Å². The van der Waals surface area contributed by atoms with Crippen molar-refractivity contribution in [3.05, 3.63) is 98.9 Å². The molecule has 0 bridgehead atoms. The average Bonchev–Trinajstić information content (AvgIpc) is 3.52. The average molecular weight is 490 g/mol. The smallest absolute Gasteiger partial charge is 0.269 e. The fraction of sp³-hybridized carbons (Fsp3) is 0.357. The van der Waals surface area contributed by atoms with Crippen LogP contribution in [0.5, 0.6) is 0 Å². The molecule has 2 aromatic carbocycles. The molecular formula is C28H31N3O5. The van der Waals surface area contributed by atoms with Crippen LogP contribution in [-0.2, 0) is 22.5 Å². The number of aryl methyl sites for hydroxylation is 1. The summed E-state index contributed by atoms with van der Waals surface area (Å²) in [6, 6.07) is 18.4. The maximum Gasteiger partial charge on any atom is 0.269 e. The summed E-state index contributed by atoms with van der Waals surface area (Å²) in [5.74, 6) is 0.0913. The van der Waals surface area contributed by atoms with E-state index in [0.717, 1.165) is 28.9 Å². The fourth-order valence-electron chi connectivity index (χ4n) is 4.46. The summed E-state index contributed by atoms with van der Waals surface area (Å²) in [6.07, 6.45) is 3.10. The first-order valence-electron chi connectivity index (χ1n) is 12.2. The summed E-state index contributed by atoms with van der Waals surface area (Å²) in [7, 11) is 0. The fourth-order valence-corrected chi connectivity index (χ4v) is 4.46. The van der Waals surface area contributed by atoms with E-state index in [0.29, 0.717) is 31.7 Å². The maximum absolute atomic E-state index is 13.4. The number of Topliss-reactive ketones (excluding diaryl/α,β-unsaturated/α-hetero) is 1. The number of carbonyl (C=O) groups is 1. The molecule has 0 N–H and O–H groups in total. The van der Waals surface area contributed by atoms with E-state index < -0.39 is 4.92 Å². The number of benzene rings is 2. The third kappa shape index (κ3) is 6.26. The van der Waals surface area contributed by atoms with Gasteiger partial charge in [-0.05, 0) is 29.5 Å². The van der Waals surface area contributed by atoms with Crippen molar-refractivity contribution in [1.29, 1.82) is 0 Å². The minimum atomic E-state index is -0.419. The van der Waals surface area contributed by atoms with Gasteiger partial charge in [-0.1, -0.05) is 61.5 Å². The Hall–Kier alpha value is -3.78. The van der Waals surface area contributed by atoms with E-state index in [4.69, 9.17) is 9.57 Å². The van der Waals surface area contributed by atoms with Crippen molar-refractivity contribution < 1.29 is 19.3 Å². The summed E-state index contributed by atoms with van der Waals surface area (Å²) in [5, 5.41) is 15.3. The lowest BCUT2D eigenvalue weighted by Crippen LogP contribution is -2.13. The highest BCUT2D eigenvalue weighted by molar-refractivity contribution is 5.99. The molecule has 0 amide bonds. The molecule has 0 aliphatic carbocycles. The number of non-ortho nitro benzene ring substituents is 1. The van der Waals surface area contributed by atoms with Crippen molar-refractivity contribution >= 4 is 17.7 Å². The van der Waals surface area contributed by atoms with Crippen molar-refractivity contribution in [3.8, 4) is 0 Å². The van der Waals surface area contributed by atoms with Gasteiger partial charge >= 0.3 is 0 Å².